The Kier molecular flexibility index (Phi) is 5.46. The van der Waals surface area contributed by atoms with Gasteiger partial charge in [0, 0.05) is 12.1 Å². The molecule has 1 aliphatic rings. The molecular weight excluding hydrogens is 290 g/mol. The third kappa shape index (κ3) is 4.26. The topological polar surface area (TPSA) is 58.2 Å². The van der Waals surface area contributed by atoms with E-state index in [1.807, 2.05) is 0 Å². The Morgan fingerprint density at radius 3 is 2.64 bits per heavy atom. The van der Waals surface area contributed by atoms with Gasteiger partial charge in [0.15, 0.2) is 0 Å². The lowest BCUT2D eigenvalue weighted by molar-refractivity contribution is -0.121. The van der Waals surface area contributed by atoms with Crippen LogP contribution in [0.15, 0.2) is 18.2 Å². The van der Waals surface area contributed by atoms with Crippen LogP contribution < -0.4 is 10.6 Å². The summed E-state index contributed by atoms with van der Waals surface area (Å²) in [7, 11) is 0. The summed E-state index contributed by atoms with van der Waals surface area (Å²) in [6, 6.07) is 2.82. The van der Waals surface area contributed by atoms with Crippen molar-refractivity contribution in [2.24, 2.45) is 5.92 Å². The number of amides is 2. The maximum absolute atomic E-state index is 13.4. The van der Waals surface area contributed by atoms with Crippen LogP contribution in [0.3, 0.4) is 0 Å². The van der Waals surface area contributed by atoms with Gasteiger partial charge in [0.1, 0.15) is 11.6 Å². The van der Waals surface area contributed by atoms with Gasteiger partial charge in [-0.15, -0.1) is 0 Å². The lowest BCUT2D eigenvalue weighted by Crippen LogP contribution is -2.45. The molecule has 0 spiro atoms. The van der Waals surface area contributed by atoms with Crippen LogP contribution in [0, 0.1) is 17.6 Å². The van der Waals surface area contributed by atoms with Crippen molar-refractivity contribution >= 4 is 11.8 Å². The second-order valence-corrected chi connectivity index (χ2v) is 5.74. The Hall–Kier alpha value is -1.98. The van der Waals surface area contributed by atoms with E-state index in [1.54, 1.807) is 0 Å². The number of halogens is 2. The van der Waals surface area contributed by atoms with E-state index in [9.17, 15) is 18.4 Å². The highest BCUT2D eigenvalue weighted by Gasteiger charge is 2.23. The molecule has 0 aliphatic heterocycles. The summed E-state index contributed by atoms with van der Waals surface area (Å²) in [4.78, 5) is 23.6. The third-order valence-electron chi connectivity index (χ3n) is 4.04. The lowest BCUT2D eigenvalue weighted by Gasteiger charge is -2.29. The van der Waals surface area contributed by atoms with Gasteiger partial charge in [-0.3, -0.25) is 9.59 Å². The summed E-state index contributed by atoms with van der Waals surface area (Å²) in [5.74, 6) is -2.31. The molecule has 2 atom stereocenters. The standard InChI is InChI=1S/C16H20F2N2O2/c1-10-4-2-3-5-14(10)20-15(21)9-19-16(22)12-7-6-11(17)8-13(12)18/h6-8,10,14H,2-5,9H2,1H3,(H,19,22)(H,20,21)/t10-,14+/m0/s1. The molecule has 4 nitrogen and oxygen atoms in total. The van der Waals surface area contributed by atoms with E-state index in [4.69, 9.17) is 0 Å². The minimum absolute atomic E-state index is 0.126. The van der Waals surface area contributed by atoms with E-state index >= 15 is 0 Å². The van der Waals surface area contributed by atoms with Crippen molar-refractivity contribution in [1.82, 2.24) is 10.6 Å². The molecule has 1 aromatic rings. The second-order valence-electron chi connectivity index (χ2n) is 5.74. The first kappa shape index (κ1) is 16.4. The summed E-state index contributed by atoms with van der Waals surface area (Å²) < 4.78 is 26.2. The first-order valence-corrected chi connectivity index (χ1v) is 7.50. The molecule has 0 radical (unpaired) electrons. The SMILES string of the molecule is C[C@H]1CCCC[C@H]1NC(=O)CNC(=O)c1ccc(F)cc1F. The average Bonchev–Trinajstić information content (AvgIpc) is 2.47. The summed E-state index contributed by atoms with van der Waals surface area (Å²) in [5.41, 5.74) is -0.278. The van der Waals surface area contributed by atoms with E-state index in [2.05, 4.69) is 17.6 Å². The van der Waals surface area contributed by atoms with E-state index in [-0.39, 0.29) is 24.1 Å². The summed E-state index contributed by atoms with van der Waals surface area (Å²) in [6.07, 6.45) is 4.28. The van der Waals surface area contributed by atoms with Gasteiger partial charge in [0.25, 0.3) is 5.91 Å². The normalized spacial score (nSPS) is 21.2. The predicted molar refractivity (Wildman–Crippen MR) is 78.3 cm³/mol. The van der Waals surface area contributed by atoms with Crippen LogP contribution in [0.25, 0.3) is 0 Å². The van der Waals surface area contributed by atoms with Crippen LogP contribution in [0.1, 0.15) is 43.0 Å². The van der Waals surface area contributed by atoms with Gasteiger partial charge in [-0.2, -0.15) is 0 Å². The highest BCUT2D eigenvalue weighted by Crippen LogP contribution is 2.23. The monoisotopic (exact) mass is 310 g/mol. The third-order valence-corrected chi connectivity index (χ3v) is 4.04. The van der Waals surface area contributed by atoms with Crippen molar-refractivity contribution in [2.45, 2.75) is 38.6 Å². The number of hydrogen-bond donors (Lipinski definition) is 2. The number of rotatable bonds is 4. The molecule has 0 aromatic heterocycles. The van der Waals surface area contributed by atoms with E-state index in [0.717, 1.165) is 31.4 Å². The fourth-order valence-electron chi connectivity index (χ4n) is 2.72. The fourth-order valence-corrected chi connectivity index (χ4v) is 2.72. The molecule has 1 fully saturated rings. The van der Waals surface area contributed by atoms with Crippen LogP contribution in [-0.4, -0.2) is 24.4 Å². The van der Waals surface area contributed by atoms with Gasteiger partial charge in [-0.05, 0) is 30.9 Å². The molecule has 120 valence electrons. The Bertz CT molecular complexity index is 563. The molecule has 2 amide bonds. The largest absolute Gasteiger partial charge is 0.352 e. The van der Waals surface area contributed by atoms with Crippen molar-refractivity contribution in [2.75, 3.05) is 6.54 Å². The summed E-state index contributed by atoms with van der Waals surface area (Å²) in [6.45, 7) is 1.87. The zero-order valence-electron chi connectivity index (χ0n) is 12.5. The van der Waals surface area contributed by atoms with Crippen LogP contribution >= 0.6 is 0 Å². The van der Waals surface area contributed by atoms with E-state index < -0.39 is 17.5 Å². The minimum atomic E-state index is -0.946. The van der Waals surface area contributed by atoms with Crippen molar-refractivity contribution in [3.05, 3.63) is 35.4 Å². The lowest BCUT2D eigenvalue weighted by atomic mass is 9.86. The molecule has 2 rings (SSSR count). The predicted octanol–water partition coefficient (Wildman–Crippen LogP) is 2.39. The number of nitrogens with one attached hydrogen (secondary N) is 2. The second kappa shape index (κ2) is 7.33. The number of carbonyl (C=O) groups is 2. The van der Waals surface area contributed by atoms with Crippen molar-refractivity contribution in [3.8, 4) is 0 Å². The number of carbonyl (C=O) groups excluding carboxylic acids is 2. The van der Waals surface area contributed by atoms with E-state index in [0.29, 0.717) is 12.0 Å². The Morgan fingerprint density at radius 2 is 1.95 bits per heavy atom. The molecule has 0 bridgehead atoms. The van der Waals surface area contributed by atoms with Crippen LogP contribution in [0.2, 0.25) is 0 Å². The Labute approximate surface area is 128 Å². The molecular formula is C16H20F2N2O2. The minimum Gasteiger partial charge on any atom is -0.352 e. The molecule has 22 heavy (non-hydrogen) atoms. The molecule has 6 heteroatoms. The smallest absolute Gasteiger partial charge is 0.254 e. The molecule has 0 heterocycles. The Morgan fingerprint density at radius 1 is 1.23 bits per heavy atom. The van der Waals surface area contributed by atoms with Crippen molar-refractivity contribution in [3.63, 3.8) is 0 Å². The van der Waals surface area contributed by atoms with Gasteiger partial charge >= 0.3 is 0 Å². The summed E-state index contributed by atoms with van der Waals surface area (Å²) in [5, 5.41) is 5.24. The molecule has 1 aromatic carbocycles. The zero-order chi connectivity index (χ0) is 16.1. The van der Waals surface area contributed by atoms with Crippen molar-refractivity contribution < 1.29 is 18.4 Å². The van der Waals surface area contributed by atoms with Gasteiger partial charge in [-0.25, -0.2) is 8.78 Å². The Balaban J connectivity index is 1.84. The van der Waals surface area contributed by atoms with Crippen LogP contribution in [0.5, 0.6) is 0 Å². The van der Waals surface area contributed by atoms with Crippen LogP contribution in [-0.2, 0) is 4.79 Å². The number of hydrogen-bond acceptors (Lipinski definition) is 2. The van der Waals surface area contributed by atoms with E-state index in [1.165, 1.54) is 6.42 Å². The first-order valence-electron chi connectivity index (χ1n) is 7.50. The maximum atomic E-state index is 13.4. The van der Waals surface area contributed by atoms with Gasteiger partial charge < -0.3 is 10.6 Å². The van der Waals surface area contributed by atoms with Gasteiger partial charge in [0.2, 0.25) is 5.91 Å². The highest BCUT2D eigenvalue weighted by atomic mass is 19.1. The molecule has 2 N–H and O–H groups in total. The number of benzene rings is 1. The molecule has 0 unspecified atom stereocenters. The fraction of sp³-hybridized carbons (Fsp3) is 0.500. The first-order chi connectivity index (χ1) is 10.5. The zero-order valence-corrected chi connectivity index (χ0v) is 12.5. The average molecular weight is 310 g/mol. The molecule has 1 aliphatic carbocycles. The van der Waals surface area contributed by atoms with Crippen molar-refractivity contribution in [1.29, 1.82) is 0 Å². The molecule has 1 saturated carbocycles. The van der Waals surface area contributed by atoms with Gasteiger partial charge in [-0.1, -0.05) is 19.8 Å². The summed E-state index contributed by atoms with van der Waals surface area (Å²) >= 11 is 0. The highest BCUT2D eigenvalue weighted by molar-refractivity contribution is 5.96. The quantitative estimate of drug-likeness (QED) is 0.897. The maximum Gasteiger partial charge on any atom is 0.254 e. The van der Waals surface area contributed by atoms with Gasteiger partial charge in [0.05, 0.1) is 12.1 Å². The molecule has 0 saturated heterocycles. The van der Waals surface area contributed by atoms with Crippen LogP contribution in [0.4, 0.5) is 8.78 Å².